The fourth-order valence-electron chi connectivity index (χ4n) is 2.85. The van der Waals surface area contributed by atoms with Crippen LogP contribution in [-0.4, -0.2) is 16.1 Å². The van der Waals surface area contributed by atoms with Crippen LogP contribution >= 0.6 is 11.3 Å². The van der Waals surface area contributed by atoms with Gasteiger partial charge >= 0.3 is 0 Å². The Morgan fingerprint density at radius 1 is 1.26 bits per heavy atom. The molecule has 1 saturated carbocycles. The number of carbonyl (C=O) groups is 1. The SMILES string of the molecule is CCC(CC)c1nnc(NC(=O)C2(c3ccc(F)cc3)CC2)s1. The molecule has 1 N–H and O–H groups in total. The molecule has 23 heavy (non-hydrogen) atoms. The summed E-state index contributed by atoms with van der Waals surface area (Å²) in [6.07, 6.45) is 3.59. The first-order chi connectivity index (χ1) is 11.1. The number of halogens is 1. The lowest BCUT2D eigenvalue weighted by molar-refractivity contribution is -0.118. The normalized spacial score (nSPS) is 15.7. The Bertz CT molecular complexity index is 690. The highest BCUT2D eigenvalue weighted by Crippen LogP contribution is 2.49. The van der Waals surface area contributed by atoms with Crippen LogP contribution in [-0.2, 0) is 10.2 Å². The number of benzene rings is 1. The van der Waals surface area contributed by atoms with E-state index in [2.05, 4.69) is 29.4 Å². The number of anilines is 1. The van der Waals surface area contributed by atoms with Gasteiger partial charge in [0.05, 0.1) is 5.41 Å². The highest BCUT2D eigenvalue weighted by molar-refractivity contribution is 7.15. The van der Waals surface area contributed by atoms with Gasteiger partial charge in [-0.3, -0.25) is 10.1 Å². The maximum absolute atomic E-state index is 13.1. The molecular formula is C17H20FN3OS. The van der Waals surface area contributed by atoms with Gasteiger partial charge in [0.25, 0.3) is 0 Å². The zero-order chi connectivity index (χ0) is 16.4. The molecule has 3 rings (SSSR count). The van der Waals surface area contributed by atoms with Crippen molar-refractivity contribution in [1.29, 1.82) is 0 Å². The molecular weight excluding hydrogens is 313 g/mol. The van der Waals surface area contributed by atoms with Crippen LogP contribution in [0.15, 0.2) is 24.3 Å². The van der Waals surface area contributed by atoms with Crippen LogP contribution in [0.4, 0.5) is 9.52 Å². The van der Waals surface area contributed by atoms with Crippen LogP contribution < -0.4 is 5.32 Å². The van der Waals surface area contributed by atoms with Crippen molar-refractivity contribution < 1.29 is 9.18 Å². The van der Waals surface area contributed by atoms with E-state index in [1.54, 1.807) is 12.1 Å². The van der Waals surface area contributed by atoms with Crippen LogP contribution in [0.25, 0.3) is 0 Å². The van der Waals surface area contributed by atoms with Crippen LogP contribution in [0.1, 0.15) is 56.0 Å². The summed E-state index contributed by atoms with van der Waals surface area (Å²) in [7, 11) is 0. The number of hydrogen-bond acceptors (Lipinski definition) is 4. The lowest BCUT2D eigenvalue weighted by atomic mass is 9.95. The number of rotatable bonds is 6. The van der Waals surface area contributed by atoms with E-state index in [0.29, 0.717) is 11.0 Å². The van der Waals surface area contributed by atoms with E-state index in [4.69, 9.17) is 0 Å². The molecule has 0 atom stereocenters. The smallest absolute Gasteiger partial charge is 0.236 e. The van der Waals surface area contributed by atoms with Crippen LogP contribution in [0, 0.1) is 5.82 Å². The summed E-state index contributed by atoms with van der Waals surface area (Å²) in [5.74, 6) is 0.0328. The van der Waals surface area contributed by atoms with E-state index in [-0.39, 0.29) is 11.7 Å². The summed E-state index contributed by atoms with van der Waals surface area (Å²) < 4.78 is 13.1. The summed E-state index contributed by atoms with van der Waals surface area (Å²) in [5, 5.41) is 12.7. The Balaban J connectivity index is 1.73. The van der Waals surface area contributed by atoms with Gasteiger partial charge in [-0.1, -0.05) is 37.3 Å². The first kappa shape index (κ1) is 16.1. The second-order valence-electron chi connectivity index (χ2n) is 6.00. The second kappa shape index (κ2) is 6.35. The van der Waals surface area contributed by atoms with E-state index >= 15 is 0 Å². The van der Waals surface area contributed by atoms with Gasteiger partial charge in [0.15, 0.2) is 0 Å². The first-order valence-electron chi connectivity index (χ1n) is 8.00. The molecule has 1 aromatic heterocycles. The Morgan fingerprint density at radius 2 is 1.91 bits per heavy atom. The van der Waals surface area contributed by atoms with E-state index < -0.39 is 5.41 Å². The van der Waals surface area contributed by atoms with Gasteiger partial charge in [-0.25, -0.2) is 4.39 Å². The monoisotopic (exact) mass is 333 g/mol. The molecule has 1 aromatic carbocycles. The maximum atomic E-state index is 13.1. The number of nitrogens with one attached hydrogen (secondary N) is 1. The summed E-state index contributed by atoms with van der Waals surface area (Å²) in [5.41, 5.74) is 0.329. The molecule has 122 valence electrons. The predicted molar refractivity (Wildman–Crippen MR) is 89.2 cm³/mol. The molecule has 1 aliphatic carbocycles. The highest BCUT2D eigenvalue weighted by atomic mass is 32.1. The lowest BCUT2D eigenvalue weighted by Crippen LogP contribution is -2.27. The van der Waals surface area contributed by atoms with Crippen LogP contribution in [0.3, 0.4) is 0 Å². The zero-order valence-electron chi connectivity index (χ0n) is 13.3. The molecule has 0 saturated heterocycles. The van der Waals surface area contributed by atoms with Gasteiger partial charge in [0, 0.05) is 5.92 Å². The molecule has 1 heterocycles. The van der Waals surface area contributed by atoms with Crippen LogP contribution in [0.5, 0.6) is 0 Å². The Morgan fingerprint density at radius 3 is 2.48 bits per heavy atom. The fourth-order valence-corrected chi connectivity index (χ4v) is 3.85. The Labute approximate surface area is 139 Å². The van der Waals surface area contributed by atoms with E-state index in [9.17, 15) is 9.18 Å². The van der Waals surface area contributed by atoms with Crippen molar-refractivity contribution in [2.75, 3.05) is 5.32 Å². The quantitative estimate of drug-likeness (QED) is 0.860. The van der Waals surface area contributed by atoms with E-state index in [1.807, 2.05) is 0 Å². The van der Waals surface area contributed by atoms with E-state index in [1.165, 1.54) is 23.5 Å². The molecule has 6 heteroatoms. The van der Waals surface area contributed by atoms with Crippen molar-refractivity contribution in [3.63, 3.8) is 0 Å². The van der Waals surface area contributed by atoms with Crippen molar-refractivity contribution in [1.82, 2.24) is 10.2 Å². The molecule has 4 nitrogen and oxygen atoms in total. The third kappa shape index (κ3) is 3.13. The molecule has 0 unspecified atom stereocenters. The maximum Gasteiger partial charge on any atom is 0.236 e. The summed E-state index contributed by atoms with van der Waals surface area (Å²) in [4.78, 5) is 12.6. The molecule has 0 spiro atoms. The topological polar surface area (TPSA) is 54.9 Å². The van der Waals surface area contributed by atoms with Gasteiger partial charge in [-0.15, -0.1) is 10.2 Å². The minimum Gasteiger partial charge on any atom is -0.300 e. The van der Waals surface area contributed by atoms with E-state index in [0.717, 1.165) is 36.3 Å². The summed E-state index contributed by atoms with van der Waals surface area (Å²) >= 11 is 1.45. The number of hydrogen-bond donors (Lipinski definition) is 1. The average molecular weight is 333 g/mol. The first-order valence-corrected chi connectivity index (χ1v) is 8.81. The standard InChI is InChI=1S/C17H20FN3OS/c1-3-11(4-2)14-20-21-16(23-14)19-15(22)17(9-10-17)12-5-7-13(18)8-6-12/h5-8,11H,3-4,9-10H2,1-2H3,(H,19,21,22). The second-order valence-corrected chi connectivity index (χ2v) is 7.01. The molecule has 2 aromatic rings. The molecule has 1 fully saturated rings. The Hall–Kier alpha value is -1.82. The zero-order valence-corrected chi connectivity index (χ0v) is 14.1. The van der Waals surface area contributed by atoms with Crippen molar-refractivity contribution >= 4 is 22.4 Å². The molecule has 0 aliphatic heterocycles. The minimum atomic E-state index is -0.533. The van der Waals surface area contributed by atoms with Gasteiger partial charge in [0.1, 0.15) is 10.8 Å². The van der Waals surface area contributed by atoms with Crippen molar-refractivity contribution in [3.8, 4) is 0 Å². The largest absolute Gasteiger partial charge is 0.300 e. The highest BCUT2D eigenvalue weighted by Gasteiger charge is 2.51. The molecule has 1 amide bonds. The van der Waals surface area contributed by atoms with Crippen LogP contribution in [0.2, 0.25) is 0 Å². The Kier molecular flexibility index (Phi) is 4.43. The van der Waals surface area contributed by atoms with Gasteiger partial charge in [-0.05, 0) is 43.4 Å². The number of aromatic nitrogens is 2. The molecule has 1 aliphatic rings. The molecule has 0 bridgehead atoms. The number of nitrogens with zero attached hydrogens (tertiary/aromatic N) is 2. The summed E-state index contributed by atoms with van der Waals surface area (Å²) in [6.45, 7) is 4.25. The fraction of sp³-hybridized carbons (Fsp3) is 0.471. The van der Waals surface area contributed by atoms with Crippen molar-refractivity contribution in [3.05, 3.63) is 40.7 Å². The predicted octanol–water partition coefficient (Wildman–Crippen LogP) is 4.25. The summed E-state index contributed by atoms with van der Waals surface area (Å²) in [6, 6.07) is 6.19. The lowest BCUT2D eigenvalue weighted by Gasteiger charge is -2.14. The minimum absolute atomic E-state index is 0.0728. The third-order valence-electron chi connectivity index (χ3n) is 4.58. The van der Waals surface area contributed by atoms with Crippen molar-refractivity contribution in [2.24, 2.45) is 0 Å². The van der Waals surface area contributed by atoms with Crippen molar-refractivity contribution in [2.45, 2.75) is 50.9 Å². The van der Waals surface area contributed by atoms with Gasteiger partial charge in [-0.2, -0.15) is 0 Å². The number of amides is 1. The number of carbonyl (C=O) groups excluding carboxylic acids is 1. The van der Waals surface area contributed by atoms with Gasteiger partial charge < -0.3 is 0 Å². The molecule has 0 radical (unpaired) electrons. The average Bonchev–Trinajstić information content (AvgIpc) is 3.25. The van der Waals surface area contributed by atoms with Gasteiger partial charge in [0.2, 0.25) is 11.0 Å². The third-order valence-corrected chi connectivity index (χ3v) is 5.58.